The molecule has 1 fully saturated rings. The number of benzene rings is 1. The van der Waals surface area contributed by atoms with E-state index >= 15 is 0 Å². The fourth-order valence-electron chi connectivity index (χ4n) is 2.16. The minimum Gasteiger partial charge on any atom is -0.374 e. The Morgan fingerprint density at radius 3 is 2.71 bits per heavy atom. The van der Waals surface area contributed by atoms with Crippen molar-refractivity contribution in [3.63, 3.8) is 0 Å². The molecule has 2 rings (SSSR count). The maximum absolute atomic E-state index is 5.82. The molecule has 1 saturated heterocycles. The SMILES string of the molecule is NC[C@H]1CCCC(COCc2ccccc2)O1. The molecule has 3 nitrogen and oxygen atoms in total. The molecule has 1 aliphatic heterocycles. The molecule has 1 heterocycles. The molecule has 3 heteroatoms. The molecule has 94 valence electrons. The van der Waals surface area contributed by atoms with Gasteiger partial charge in [0.25, 0.3) is 0 Å². The van der Waals surface area contributed by atoms with Crippen LogP contribution >= 0.6 is 0 Å². The molecule has 0 aromatic heterocycles. The number of hydrogen-bond acceptors (Lipinski definition) is 3. The van der Waals surface area contributed by atoms with E-state index in [2.05, 4.69) is 12.1 Å². The fourth-order valence-corrected chi connectivity index (χ4v) is 2.16. The van der Waals surface area contributed by atoms with Gasteiger partial charge in [-0.05, 0) is 24.8 Å². The van der Waals surface area contributed by atoms with Gasteiger partial charge in [-0.2, -0.15) is 0 Å². The van der Waals surface area contributed by atoms with Gasteiger partial charge in [-0.25, -0.2) is 0 Å². The van der Waals surface area contributed by atoms with Gasteiger partial charge >= 0.3 is 0 Å². The molecule has 2 N–H and O–H groups in total. The molecule has 0 saturated carbocycles. The predicted octanol–water partition coefficient (Wildman–Crippen LogP) is 2.10. The highest BCUT2D eigenvalue weighted by Crippen LogP contribution is 2.18. The van der Waals surface area contributed by atoms with E-state index in [1.54, 1.807) is 0 Å². The summed E-state index contributed by atoms with van der Waals surface area (Å²) in [5.74, 6) is 0. The van der Waals surface area contributed by atoms with E-state index in [4.69, 9.17) is 15.2 Å². The minimum atomic E-state index is 0.223. The van der Waals surface area contributed by atoms with Crippen LogP contribution in [0.25, 0.3) is 0 Å². The van der Waals surface area contributed by atoms with Crippen LogP contribution in [0, 0.1) is 0 Å². The summed E-state index contributed by atoms with van der Waals surface area (Å²) in [5.41, 5.74) is 6.83. The summed E-state index contributed by atoms with van der Waals surface area (Å²) in [5, 5.41) is 0. The molecule has 0 spiro atoms. The lowest BCUT2D eigenvalue weighted by atomic mass is 10.0. The van der Waals surface area contributed by atoms with Crippen LogP contribution in [-0.2, 0) is 16.1 Å². The number of ether oxygens (including phenoxy) is 2. The van der Waals surface area contributed by atoms with E-state index < -0.39 is 0 Å². The summed E-state index contributed by atoms with van der Waals surface area (Å²) in [6, 6.07) is 10.2. The number of hydrogen-bond donors (Lipinski definition) is 1. The van der Waals surface area contributed by atoms with Crippen LogP contribution in [0.3, 0.4) is 0 Å². The first-order valence-corrected chi connectivity index (χ1v) is 6.35. The van der Waals surface area contributed by atoms with Gasteiger partial charge in [-0.1, -0.05) is 30.3 Å². The molecule has 0 radical (unpaired) electrons. The third kappa shape index (κ3) is 4.11. The zero-order valence-electron chi connectivity index (χ0n) is 10.2. The quantitative estimate of drug-likeness (QED) is 0.850. The Morgan fingerprint density at radius 1 is 1.18 bits per heavy atom. The monoisotopic (exact) mass is 235 g/mol. The molecule has 1 aliphatic rings. The zero-order chi connectivity index (χ0) is 11.9. The standard InChI is InChI=1S/C14H21NO2/c15-9-13-7-4-8-14(17-13)11-16-10-12-5-2-1-3-6-12/h1-3,5-6,13-14H,4,7-11,15H2/t13-,14?/m1/s1. The Hall–Kier alpha value is -0.900. The van der Waals surface area contributed by atoms with E-state index in [1.165, 1.54) is 12.0 Å². The van der Waals surface area contributed by atoms with E-state index in [0.29, 0.717) is 19.8 Å². The van der Waals surface area contributed by atoms with Crippen LogP contribution in [0.15, 0.2) is 30.3 Å². The lowest BCUT2D eigenvalue weighted by molar-refractivity contribution is -0.0848. The second-order valence-electron chi connectivity index (χ2n) is 4.55. The van der Waals surface area contributed by atoms with E-state index in [1.807, 2.05) is 18.2 Å². The van der Waals surface area contributed by atoms with Gasteiger partial charge in [0.05, 0.1) is 25.4 Å². The molecule has 2 atom stereocenters. The highest BCUT2D eigenvalue weighted by molar-refractivity contribution is 5.13. The van der Waals surface area contributed by atoms with Crippen molar-refractivity contribution in [2.45, 2.75) is 38.1 Å². The number of rotatable bonds is 5. The molecule has 17 heavy (non-hydrogen) atoms. The van der Waals surface area contributed by atoms with Crippen LogP contribution in [0.5, 0.6) is 0 Å². The molecular weight excluding hydrogens is 214 g/mol. The van der Waals surface area contributed by atoms with Crippen molar-refractivity contribution < 1.29 is 9.47 Å². The molecule has 1 aromatic rings. The van der Waals surface area contributed by atoms with Crippen LogP contribution in [0.2, 0.25) is 0 Å². The second-order valence-corrected chi connectivity index (χ2v) is 4.55. The van der Waals surface area contributed by atoms with Gasteiger partial charge in [0.2, 0.25) is 0 Å². The van der Waals surface area contributed by atoms with Crippen molar-refractivity contribution >= 4 is 0 Å². The summed E-state index contributed by atoms with van der Waals surface area (Å²) in [4.78, 5) is 0. The summed E-state index contributed by atoms with van der Waals surface area (Å²) in [6.07, 6.45) is 3.83. The second kappa shape index (κ2) is 6.74. The Kier molecular flexibility index (Phi) is 4.98. The van der Waals surface area contributed by atoms with Crippen LogP contribution in [0.1, 0.15) is 24.8 Å². The third-order valence-electron chi connectivity index (χ3n) is 3.12. The largest absolute Gasteiger partial charge is 0.374 e. The van der Waals surface area contributed by atoms with Crippen molar-refractivity contribution in [1.29, 1.82) is 0 Å². The number of nitrogens with two attached hydrogens (primary N) is 1. The molecule has 1 unspecified atom stereocenters. The van der Waals surface area contributed by atoms with Crippen LogP contribution in [-0.4, -0.2) is 25.4 Å². The average Bonchev–Trinajstić information content (AvgIpc) is 2.40. The molecule has 0 amide bonds. The molecule has 0 bridgehead atoms. The van der Waals surface area contributed by atoms with Gasteiger partial charge in [0, 0.05) is 6.54 Å². The predicted molar refractivity (Wildman–Crippen MR) is 67.7 cm³/mol. The van der Waals surface area contributed by atoms with Gasteiger partial charge in [0.1, 0.15) is 0 Å². The van der Waals surface area contributed by atoms with Crippen molar-refractivity contribution in [2.75, 3.05) is 13.2 Å². The van der Waals surface area contributed by atoms with E-state index in [-0.39, 0.29) is 12.2 Å². The smallest absolute Gasteiger partial charge is 0.0813 e. The first-order chi connectivity index (χ1) is 8.38. The zero-order valence-corrected chi connectivity index (χ0v) is 10.2. The Morgan fingerprint density at radius 2 is 1.94 bits per heavy atom. The highest BCUT2D eigenvalue weighted by Gasteiger charge is 2.21. The fraction of sp³-hybridized carbons (Fsp3) is 0.571. The Bertz CT molecular complexity index is 315. The van der Waals surface area contributed by atoms with Crippen molar-refractivity contribution in [1.82, 2.24) is 0 Å². The minimum absolute atomic E-state index is 0.223. The molecular formula is C14H21NO2. The first-order valence-electron chi connectivity index (χ1n) is 6.35. The van der Waals surface area contributed by atoms with Crippen molar-refractivity contribution in [2.24, 2.45) is 5.73 Å². The van der Waals surface area contributed by atoms with Crippen LogP contribution in [0.4, 0.5) is 0 Å². The molecule has 1 aromatic carbocycles. The van der Waals surface area contributed by atoms with Gasteiger partial charge in [-0.3, -0.25) is 0 Å². The maximum atomic E-state index is 5.82. The summed E-state index contributed by atoms with van der Waals surface area (Å²) < 4.78 is 11.5. The highest BCUT2D eigenvalue weighted by atomic mass is 16.5. The van der Waals surface area contributed by atoms with E-state index in [0.717, 1.165) is 12.8 Å². The lowest BCUT2D eigenvalue weighted by Gasteiger charge is -2.29. The average molecular weight is 235 g/mol. The Balaban J connectivity index is 1.68. The van der Waals surface area contributed by atoms with Gasteiger partial charge in [-0.15, -0.1) is 0 Å². The van der Waals surface area contributed by atoms with Crippen LogP contribution < -0.4 is 5.73 Å². The maximum Gasteiger partial charge on any atom is 0.0813 e. The van der Waals surface area contributed by atoms with Crippen molar-refractivity contribution in [3.8, 4) is 0 Å². The normalized spacial score (nSPS) is 24.8. The third-order valence-corrected chi connectivity index (χ3v) is 3.12. The Labute approximate surface area is 103 Å². The van der Waals surface area contributed by atoms with E-state index in [9.17, 15) is 0 Å². The first kappa shape index (κ1) is 12.6. The van der Waals surface area contributed by atoms with Gasteiger partial charge < -0.3 is 15.2 Å². The van der Waals surface area contributed by atoms with Crippen molar-refractivity contribution in [3.05, 3.63) is 35.9 Å². The summed E-state index contributed by atoms with van der Waals surface area (Å²) >= 11 is 0. The summed E-state index contributed by atoms with van der Waals surface area (Å²) in [6.45, 7) is 1.95. The molecule has 0 aliphatic carbocycles. The summed E-state index contributed by atoms with van der Waals surface area (Å²) in [7, 11) is 0. The topological polar surface area (TPSA) is 44.5 Å². The van der Waals surface area contributed by atoms with Gasteiger partial charge in [0.15, 0.2) is 0 Å². The lowest BCUT2D eigenvalue weighted by Crippen LogP contribution is -2.35.